The van der Waals surface area contributed by atoms with Crippen molar-refractivity contribution in [2.75, 3.05) is 6.61 Å². The van der Waals surface area contributed by atoms with Gasteiger partial charge in [0.15, 0.2) is 10.6 Å². The molecule has 0 saturated carbocycles. The molecule has 0 rings (SSSR count). The predicted molar refractivity (Wildman–Crippen MR) is 46.4 cm³/mol. The maximum Gasteiger partial charge on any atom is 0.313 e. The molecule has 0 unspecified atom stereocenters. The van der Waals surface area contributed by atoms with Crippen LogP contribution in [0.25, 0.3) is 0 Å². The van der Waals surface area contributed by atoms with Gasteiger partial charge >= 0.3 is 5.97 Å². The third-order valence-electron chi connectivity index (χ3n) is 1.03. The second-order valence-electron chi connectivity index (χ2n) is 2.16. The van der Waals surface area contributed by atoms with Gasteiger partial charge in [-0.15, -0.1) is 0 Å². The molecule has 12 heavy (non-hydrogen) atoms. The number of Topliss-reactive ketones (excluding diaryl/α,β-unsaturated/α-hetero) is 1. The smallest absolute Gasteiger partial charge is 0.313 e. The molecule has 0 aromatic carbocycles. The average molecular weight is 213 g/mol. The molecule has 0 heterocycles. The summed E-state index contributed by atoms with van der Waals surface area (Å²) >= 11 is 10.4. The highest BCUT2D eigenvalue weighted by Crippen LogP contribution is 2.06. The lowest BCUT2D eigenvalue weighted by Crippen LogP contribution is -2.16. The van der Waals surface area contributed by atoms with Gasteiger partial charge in [0, 0.05) is 0 Å². The van der Waals surface area contributed by atoms with Crippen LogP contribution >= 0.6 is 23.2 Å². The summed E-state index contributed by atoms with van der Waals surface area (Å²) in [6, 6.07) is 0. The molecule has 5 heteroatoms. The maximum atomic E-state index is 10.8. The molecule has 0 saturated heterocycles. The number of ketones is 1. The summed E-state index contributed by atoms with van der Waals surface area (Å²) in [6.45, 7) is 2.18. The first-order valence-corrected chi connectivity index (χ1v) is 4.41. The van der Waals surface area contributed by atoms with E-state index >= 15 is 0 Å². The largest absolute Gasteiger partial charge is 0.465 e. The van der Waals surface area contributed by atoms with Crippen LogP contribution in [0.3, 0.4) is 0 Å². The normalized spacial score (nSPS) is 10.0. The third-order valence-corrected chi connectivity index (χ3v) is 1.52. The molecular weight excluding hydrogens is 203 g/mol. The molecule has 0 atom stereocenters. The molecule has 0 spiro atoms. The van der Waals surface area contributed by atoms with Gasteiger partial charge < -0.3 is 4.74 Å². The number of alkyl halides is 2. The molecule has 70 valence electrons. The summed E-state index contributed by atoms with van der Waals surface area (Å²) in [6.07, 6.45) is 0.378. The number of carbonyl (C=O) groups excluding carboxylic acids is 2. The zero-order valence-electron chi connectivity index (χ0n) is 6.68. The Hall–Kier alpha value is -0.280. The summed E-state index contributed by atoms with van der Waals surface area (Å²) in [5.41, 5.74) is 0. The van der Waals surface area contributed by atoms with Crippen LogP contribution in [0.2, 0.25) is 0 Å². The van der Waals surface area contributed by atoms with Crippen molar-refractivity contribution in [2.24, 2.45) is 0 Å². The van der Waals surface area contributed by atoms with Crippen molar-refractivity contribution < 1.29 is 14.3 Å². The van der Waals surface area contributed by atoms with Crippen molar-refractivity contribution in [1.29, 1.82) is 0 Å². The van der Waals surface area contributed by atoms with E-state index in [1.54, 1.807) is 0 Å². The Morgan fingerprint density at radius 2 is 2.00 bits per heavy atom. The Labute approximate surface area is 81.0 Å². The number of rotatable bonds is 5. The lowest BCUT2D eigenvalue weighted by atomic mass is 10.3. The average Bonchev–Trinajstić information content (AvgIpc) is 2.00. The minimum absolute atomic E-state index is 0.321. The van der Waals surface area contributed by atoms with Crippen molar-refractivity contribution in [2.45, 2.75) is 24.6 Å². The van der Waals surface area contributed by atoms with Crippen molar-refractivity contribution in [3.8, 4) is 0 Å². The van der Waals surface area contributed by atoms with Gasteiger partial charge in [0.25, 0.3) is 0 Å². The molecule has 0 radical (unpaired) electrons. The Morgan fingerprint density at radius 3 is 2.42 bits per heavy atom. The van der Waals surface area contributed by atoms with E-state index in [9.17, 15) is 9.59 Å². The highest BCUT2D eigenvalue weighted by atomic mass is 35.5. The predicted octanol–water partition coefficient (Wildman–Crippen LogP) is 1.70. The SMILES string of the molecule is CCCOC(=O)CC(=O)C(Cl)Cl. The van der Waals surface area contributed by atoms with E-state index in [1.165, 1.54) is 0 Å². The number of esters is 1. The van der Waals surface area contributed by atoms with E-state index in [2.05, 4.69) is 4.74 Å². The minimum atomic E-state index is -1.14. The molecule has 0 aromatic rings. The standard InChI is InChI=1S/C7H10Cl2O3/c1-2-3-12-6(11)4-5(10)7(8)9/h7H,2-4H2,1H3. The van der Waals surface area contributed by atoms with Crippen molar-refractivity contribution >= 4 is 35.0 Å². The molecule has 0 aliphatic carbocycles. The van der Waals surface area contributed by atoms with Gasteiger partial charge in [0.2, 0.25) is 0 Å². The molecule has 0 N–H and O–H groups in total. The summed E-state index contributed by atoms with van der Waals surface area (Å²) in [4.78, 5) is 20.4. The Balaban J connectivity index is 3.62. The molecular formula is C7H10Cl2O3. The quantitative estimate of drug-likeness (QED) is 0.396. The molecule has 0 amide bonds. The van der Waals surface area contributed by atoms with Crippen molar-refractivity contribution in [3.63, 3.8) is 0 Å². The van der Waals surface area contributed by atoms with Crippen LogP contribution in [0, 0.1) is 0 Å². The van der Waals surface area contributed by atoms with E-state index in [1.807, 2.05) is 6.92 Å². The van der Waals surface area contributed by atoms with Crippen LogP contribution in [0.4, 0.5) is 0 Å². The summed E-state index contributed by atoms with van der Waals surface area (Å²) in [5.74, 6) is -1.10. The number of ether oxygens (including phenoxy) is 1. The fraction of sp³-hybridized carbons (Fsp3) is 0.714. The van der Waals surface area contributed by atoms with Crippen LogP contribution in [-0.2, 0) is 14.3 Å². The van der Waals surface area contributed by atoms with Gasteiger partial charge in [-0.25, -0.2) is 0 Å². The number of halogens is 2. The van der Waals surface area contributed by atoms with Gasteiger partial charge in [-0.05, 0) is 6.42 Å². The first-order valence-electron chi connectivity index (χ1n) is 3.54. The maximum absolute atomic E-state index is 10.8. The van der Waals surface area contributed by atoms with Crippen molar-refractivity contribution in [1.82, 2.24) is 0 Å². The van der Waals surface area contributed by atoms with Crippen LogP contribution in [-0.4, -0.2) is 23.2 Å². The number of hydrogen-bond acceptors (Lipinski definition) is 3. The van der Waals surface area contributed by atoms with Crippen LogP contribution < -0.4 is 0 Å². The van der Waals surface area contributed by atoms with Gasteiger partial charge in [-0.2, -0.15) is 0 Å². The highest BCUT2D eigenvalue weighted by molar-refractivity contribution is 6.54. The third kappa shape index (κ3) is 5.38. The first-order chi connectivity index (χ1) is 5.57. The topological polar surface area (TPSA) is 43.4 Å². The summed E-state index contributed by atoms with van der Waals surface area (Å²) in [7, 11) is 0. The Morgan fingerprint density at radius 1 is 1.42 bits per heavy atom. The molecule has 0 aliphatic heterocycles. The monoisotopic (exact) mass is 212 g/mol. The lowest BCUT2D eigenvalue weighted by Gasteiger charge is -2.01. The fourth-order valence-corrected chi connectivity index (χ4v) is 0.641. The van der Waals surface area contributed by atoms with E-state index in [4.69, 9.17) is 23.2 Å². The zero-order chi connectivity index (χ0) is 9.56. The van der Waals surface area contributed by atoms with E-state index in [-0.39, 0.29) is 6.42 Å². The van der Waals surface area contributed by atoms with Gasteiger partial charge in [0.1, 0.15) is 6.42 Å². The minimum Gasteiger partial charge on any atom is -0.465 e. The van der Waals surface area contributed by atoms with Crippen LogP contribution in [0.1, 0.15) is 19.8 Å². The number of hydrogen-bond donors (Lipinski definition) is 0. The molecule has 3 nitrogen and oxygen atoms in total. The second-order valence-corrected chi connectivity index (χ2v) is 3.26. The Bertz CT molecular complexity index is 168. The zero-order valence-corrected chi connectivity index (χ0v) is 8.19. The van der Waals surface area contributed by atoms with Gasteiger partial charge in [-0.3, -0.25) is 9.59 Å². The van der Waals surface area contributed by atoms with Gasteiger partial charge in [0.05, 0.1) is 6.61 Å². The first kappa shape index (κ1) is 11.7. The van der Waals surface area contributed by atoms with E-state index in [0.717, 1.165) is 6.42 Å². The molecule has 0 fully saturated rings. The fourth-order valence-electron chi connectivity index (χ4n) is 0.486. The van der Waals surface area contributed by atoms with Gasteiger partial charge in [-0.1, -0.05) is 30.1 Å². The molecule has 0 bridgehead atoms. The van der Waals surface area contributed by atoms with E-state index in [0.29, 0.717) is 6.61 Å². The lowest BCUT2D eigenvalue weighted by molar-refractivity contribution is -0.145. The van der Waals surface area contributed by atoms with Crippen LogP contribution in [0.5, 0.6) is 0 Å². The summed E-state index contributed by atoms with van der Waals surface area (Å²) < 4.78 is 4.63. The number of carbonyl (C=O) groups is 2. The summed E-state index contributed by atoms with van der Waals surface area (Å²) in [5, 5.41) is 0. The highest BCUT2D eigenvalue weighted by Gasteiger charge is 2.16. The van der Waals surface area contributed by atoms with Crippen molar-refractivity contribution in [3.05, 3.63) is 0 Å². The molecule has 0 aromatic heterocycles. The second kappa shape index (κ2) is 6.26. The molecule has 0 aliphatic rings. The van der Waals surface area contributed by atoms with E-state index < -0.39 is 16.6 Å². The Kier molecular flexibility index (Phi) is 6.11. The van der Waals surface area contributed by atoms with Crippen LogP contribution in [0.15, 0.2) is 0 Å².